The number of halogens is 3. The number of benzene rings is 1. The highest BCUT2D eigenvalue weighted by atomic mass is 19.2. The predicted octanol–water partition coefficient (Wildman–Crippen LogP) is 2.90. The molecule has 0 saturated heterocycles. The van der Waals surface area contributed by atoms with Crippen molar-refractivity contribution in [1.82, 2.24) is 0 Å². The Labute approximate surface area is 91.3 Å². The quantitative estimate of drug-likeness (QED) is 0.624. The Morgan fingerprint density at radius 1 is 1.12 bits per heavy atom. The SMILES string of the molecule is CC1(C)C(=O)CCc2cc(F)c(F)c(F)c21. The van der Waals surface area contributed by atoms with Crippen LogP contribution in [0.2, 0.25) is 0 Å². The summed E-state index contributed by atoms with van der Waals surface area (Å²) in [4.78, 5) is 11.6. The summed E-state index contributed by atoms with van der Waals surface area (Å²) in [6.07, 6.45) is 0.510. The van der Waals surface area contributed by atoms with Gasteiger partial charge < -0.3 is 0 Å². The monoisotopic (exact) mass is 228 g/mol. The molecule has 0 saturated carbocycles. The summed E-state index contributed by atoms with van der Waals surface area (Å²) in [6, 6.07) is 0.988. The molecule has 1 aliphatic carbocycles. The number of rotatable bonds is 0. The molecule has 0 amide bonds. The number of hydrogen-bond donors (Lipinski definition) is 0. The molecule has 1 aromatic rings. The van der Waals surface area contributed by atoms with E-state index >= 15 is 0 Å². The lowest BCUT2D eigenvalue weighted by atomic mass is 9.71. The van der Waals surface area contributed by atoms with Gasteiger partial charge in [-0.1, -0.05) is 0 Å². The maximum Gasteiger partial charge on any atom is 0.194 e. The van der Waals surface area contributed by atoms with Gasteiger partial charge in [0.1, 0.15) is 5.78 Å². The first-order valence-electron chi connectivity index (χ1n) is 5.06. The van der Waals surface area contributed by atoms with Crippen LogP contribution in [0.3, 0.4) is 0 Å². The van der Waals surface area contributed by atoms with Gasteiger partial charge in [0.15, 0.2) is 17.5 Å². The number of Topliss-reactive ketones (excluding diaryl/α,β-unsaturated/α-hetero) is 1. The van der Waals surface area contributed by atoms with E-state index in [4.69, 9.17) is 0 Å². The summed E-state index contributed by atoms with van der Waals surface area (Å²) in [5.74, 6) is -4.07. The molecule has 1 aliphatic rings. The van der Waals surface area contributed by atoms with Gasteiger partial charge in [-0.3, -0.25) is 4.79 Å². The van der Waals surface area contributed by atoms with Gasteiger partial charge in [0, 0.05) is 12.0 Å². The third kappa shape index (κ3) is 1.36. The first-order valence-corrected chi connectivity index (χ1v) is 5.06. The molecule has 1 nitrogen and oxygen atoms in total. The van der Waals surface area contributed by atoms with E-state index < -0.39 is 22.9 Å². The van der Waals surface area contributed by atoms with Crippen LogP contribution in [-0.4, -0.2) is 5.78 Å². The van der Waals surface area contributed by atoms with Crippen molar-refractivity contribution >= 4 is 5.78 Å². The van der Waals surface area contributed by atoms with E-state index in [-0.39, 0.29) is 24.2 Å². The van der Waals surface area contributed by atoms with Crippen molar-refractivity contribution in [2.75, 3.05) is 0 Å². The fourth-order valence-electron chi connectivity index (χ4n) is 2.22. The fourth-order valence-corrected chi connectivity index (χ4v) is 2.22. The predicted molar refractivity (Wildman–Crippen MR) is 52.7 cm³/mol. The highest BCUT2D eigenvalue weighted by molar-refractivity contribution is 5.91. The molecular weight excluding hydrogens is 217 g/mol. The van der Waals surface area contributed by atoms with Crippen LogP contribution in [0.5, 0.6) is 0 Å². The lowest BCUT2D eigenvalue weighted by molar-refractivity contribution is -0.124. The van der Waals surface area contributed by atoms with E-state index in [0.29, 0.717) is 5.56 Å². The minimum absolute atomic E-state index is 0.00245. The number of ketones is 1. The first-order chi connectivity index (χ1) is 7.35. The van der Waals surface area contributed by atoms with Crippen molar-refractivity contribution in [1.29, 1.82) is 0 Å². The highest BCUT2D eigenvalue weighted by Gasteiger charge is 2.39. The molecule has 0 fully saturated rings. The van der Waals surface area contributed by atoms with E-state index in [2.05, 4.69) is 0 Å². The van der Waals surface area contributed by atoms with Crippen molar-refractivity contribution in [2.24, 2.45) is 0 Å². The molecule has 4 heteroatoms. The molecule has 0 bridgehead atoms. The molecule has 16 heavy (non-hydrogen) atoms. The molecule has 0 radical (unpaired) electrons. The molecule has 0 atom stereocenters. The third-order valence-corrected chi connectivity index (χ3v) is 3.19. The van der Waals surface area contributed by atoms with E-state index in [0.717, 1.165) is 6.07 Å². The standard InChI is InChI=1S/C12H11F3O/c1-12(2)8(16)4-3-6-5-7(13)10(14)11(15)9(6)12/h5H,3-4H2,1-2H3. The molecule has 0 heterocycles. The summed E-state index contributed by atoms with van der Waals surface area (Å²) in [7, 11) is 0. The largest absolute Gasteiger partial charge is 0.299 e. The van der Waals surface area contributed by atoms with E-state index in [1.54, 1.807) is 0 Å². The van der Waals surface area contributed by atoms with Gasteiger partial charge in [-0.2, -0.15) is 0 Å². The Kier molecular flexibility index (Phi) is 2.33. The van der Waals surface area contributed by atoms with Crippen molar-refractivity contribution in [2.45, 2.75) is 32.1 Å². The highest BCUT2D eigenvalue weighted by Crippen LogP contribution is 2.37. The maximum atomic E-state index is 13.6. The number of carbonyl (C=O) groups excluding carboxylic acids is 1. The average molecular weight is 228 g/mol. The van der Waals surface area contributed by atoms with E-state index in [1.807, 2.05) is 0 Å². The number of aryl methyl sites for hydroxylation is 1. The Morgan fingerprint density at radius 3 is 2.38 bits per heavy atom. The van der Waals surface area contributed by atoms with E-state index in [9.17, 15) is 18.0 Å². The molecule has 0 N–H and O–H groups in total. The topological polar surface area (TPSA) is 17.1 Å². The van der Waals surface area contributed by atoms with Crippen LogP contribution >= 0.6 is 0 Å². The van der Waals surface area contributed by atoms with Crippen LogP contribution in [-0.2, 0) is 16.6 Å². The molecular formula is C12H11F3O. The van der Waals surface area contributed by atoms with Crippen LogP contribution < -0.4 is 0 Å². The second-order valence-corrected chi connectivity index (χ2v) is 4.57. The Morgan fingerprint density at radius 2 is 1.75 bits per heavy atom. The van der Waals surface area contributed by atoms with Crippen LogP contribution in [0, 0.1) is 17.5 Å². The molecule has 2 rings (SSSR count). The summed E-state index contributed by atoms with van der Waals surface area (Å²) in [6.45, 7) is 3.07. The number of fused-ring (bicyclic) bond motifs is 1. The lowest BCUT2D eigenvalue weighted by Crippen LogP contribution is -2.36. The lowest BCUT2D eigenvalue weighted by Gasteiger charge is -2.31. The zero-order chi connectivity index (χ0) is 12.1. The molecule has 0 aliphatic heterocycles. The molecule has 0 spiro atoms. The second kappa shape index (κ2) is 3.34. The van der Waals surface area contributed by atoms with Crippen LogP contribution in [0.1, 0.15) is 31.4 Å². The molecule has 1 aromatic carbocycles. The Balaban J connectivity index is 2.76. The van der Waals surface area contributed by atoms with Gasteiger partial charge >= 0.3 is 0 Å². The molecule has 86 valence electrons. The third-order valence-electron chi connectivity index (χ3n) is 3.19. The maximum absolute atomic E-state index is 13.6. The van der Waals surface area contributed by atoms with Gasteiger partial charge in [0.05, 0.1) is 5.41 Å². The minimum atomic E-state index is -1.50. The van der Waals surface area contributed by atoms with E-state index in [1.165, 1.54) is 13.8 Å². The Bertz CT molecular complexity index is 478. The van der Waals surface area contributed by atoms with Crippen LogP contribution in [0.15, 0.2) is 6.07 Å². The number of hydrogen-bond acceptors (Lipinski definition) is 1. The molecule has 0 unspecified atom stereocenters. The summed E-state index contributed by atoms with van der Waals surface area (Å²) in [5, 5.41) is 0. The summed E-state index contributed by atoms with van der Waals surface area (Å²) >= 11 is 0. The van der Waals surface area contributed by atoms with Crippen molar-refractivity contribution < 1.29 is 18.0 Å². The van der Waals surface area contributed by atoms with Gasteiger partial charge in [-0.25, -0.2) is 13.2 Å². The summed E-state index contributed by atoms with van der Waals surface area (Å²) < 4.78 is 39.8. The van der Waals surface area contributed by atoms with Gasteiger partial charge in [-0.15, -0.1) is 0 Å². The van der Waals surface area contributed by atoms with Crippen LogP contribution in [0.25, 0.3) is 0 Å². The first kappa shape index (κ1) is 11.2. The Hall–Kier alpha value is -1.32. The van der Waals surface area contributed by atoms with Gasteiger partial charge in [0.25, 0.3) is 0 Å². The number of carbonyl (C=O) groups is 1. The van der Waals surface area contributed by atoms with Gasteiger partial charge in [-0.05, 0) is 31.9 Å². The molecule has 0 aromatic heterocycles. The van der Waals surface area contributed by atoms with Gasteiger partial charge in [0.2, 0.25) is 0 Å². The zero-order valence-electron chi connectivity index (χ0n) is 9.03. The fraction of sp³-hybridized carbons (Fsp3) is 0.417. The van der Waals surface area contributed by atoms with Crippen LogP contribution in [0.4, 0.5) is 13.2 Å². The second-order valence-electron chi connectivity index (χ2n) is 4.57. The average Bonchev–Trinajstić information content (AvgIpc) is 2.20. The van der Waals surface area contributed by atoms with Crippen molar-refractivity contribution in [3.05, 3.63) is 34.6 Å². The smallest absolute Gasteiger partial charge is 0.194 e. The zero-order valence-corrected chi connectivity index (χ0v) is 9.03. The van der Waals surface area contributed by atoms with Crippen molar-refractivity contribution in [3.8, 4) is 0 Å². The normalized spacial score (nSPS) is 18.4. The van der Waals surface area contributed by atoms with Crippen molar-refractivity contribution in [3.63, 3.8) is 0 Å². The minimum Gasteiger partial charge on any atom is -0.299 e. The summed E-state index contributed by atoms with van der Waals surface area (Å²) in [5.41, 5.74) is -0.685.